The maximum absolute atomic E-state index is 12.3. The van der Waals surface area contributed by atoms with Gasteiger partial charge in [0.05, 0.1) is 0 Å². The number of carbonyl (C=O) groups excluding carboxylic acids is 1. The highest BCUT2D eigenvalue weighted by Crippen LogP contribution is 2.21. The van der Waals surface area contributed by atoms with Crippen molar-refractivity contribution in [1.82, 2.24) is 9.97 Å². The van der Waals surface area contributed by atoms with E-state index in [0.717, 1.165) is 49.1 Å². The number of hydrogen-bond acceptors (Lipinski definition) is 5. The summed E-state index contributed by atoms with van der Waals surface area (Å²) in [5.74, 6) is 0.695. The van der Waals surface area contributed by atoms with Crippen LogP contribution in [0, 0.1) is 6.92 Å². The Morgan fingerprint density at radius 2 is 1.46 bits per heavy atom. The molecule has 2 aromatic carbocycles. The van der Waals surface area contributed by atoms with E-state index in [2.05, 4.69) is 37.2 Å². The number of nitrogens with zero attached hydrogens (tertiary/aromatic N) is 4. The fourth-order valence-corrected chi connectivity index (χ4v) is 3.28. The van der Waals surface area contributed by atoms with Crippen molar-refractivity contribution in [3.8, 4) is 0 Å². The molecule has 1 aliphatic heterocycles. The molecule has 0 spiro atoms. The second-order valence-electron chi connectivity index (χ2n) is 6.89. The molecule has 142 valence electrons. The van der Waals surface area contributed by atoms with Crippen LogP contribution in [0.15, 0.2) is 67.0 Å². The molecule has 1 fully saturated rings. The van der Waals surface area contributed by atoms with Gasteiger partial charge in [-0.15, -0.1) is 0 Å². The normalized spacial score (nSPS) is 14.0. The second-order valence-corrected chi connectivity index (χ2v) is 6.89. The maximum Gasteiger partial charge on any atom is 0.255 e. The lowest BCUT2D eigenvalue weighted by atomic mass is 10.1. The van der Waals surface area contributed by atoms with Crippen molar-refractivity contribution in [3.63, 3.8) is 0 Å². The highest BCUT2D eigenvalue weighted by Gasteiger charge is 2.19. The lowest BCUT2D eigenvalue weighted by Gasteiger charge is -2.36. The summed E-state index contributed by atoms with van der Waals surface area (Å²) in [5, 5.41) is 2.95. The largest absolute Gasteiger partial charge is 0.368 e. The van der Waals surface area contributed by atoms with Gasteiger partial charge in [0.1, 0.15) is 0 Å². The zero-order valence-electron chi connectivity index (χ0n) is 15.9. The summed E-state index contributed by atoms with van der Waals surface area (Å²) in [4.78, 5) is 25.5. The number of rotatable bonds is 4. The molecule has 6 heteroatoms. The van der Waals surface area contributed by atoms with Crippen LogP contribution in [0.3, 0.4) is 0 Å². The van der Waals surface area contributed by atoms with Crippen LogP contribution in [0.5, 0.6) is 0 Å². The smallest absolute Gasteiger partial charge is 0.255 e. The minimum atomic E-state index is -0.0933. The van der Waals surface area contributed by atoms with Crippen molar-refractivity contribution in [2.24, 2.45) is 0 Å². The first-order chi connectivity index (χ1) is 13.7. The highest BCUT2D eigenvalue weighted by molar-refractivity contribution is 6.04. The number of piperazine rings is 1. The second kappa shape index (κ2) is 8.08. The molecule has 0 radical (unpaired) electrons. The summed E-state index contributed by atoms with van der Waals surface area (Å²) >= 11 is 0. The molecule has 0 unspecified atom stereocenters. The molecule has 0 aliphatic carbocycles. The maximum atomic E-state index is 12.3. The summed E-state index contributed by atoms with van der Waals surface area (Å²) in [6.07, 6.45) is 3.55. The van der Waals surface area contributed by atoms with E-state index in [-0.39, 0.29) is 5.91 Å². The van der Waals surface area contributed by atoms with E-state index in [1.54, 1.807) is 12.4 Å². The first-order valence-electron chi connectivity index (χ1n) is 9.44. The van der Waals surface area contributed by atoms with Gasteiger partial charge in [0.25, 0.3) is 5.91 Å². The van der Waals surface area contributed by atoms with Crippen molar-refractivity contribution in [2.45, 2.75) is 6.92 Å². The van der Waals surface area contributed by atoms with E-state index in [1.165, 1.54) is 0 Å². The topological polar surface area (TPSA) is 61.4 Å². The van der Waals surface area contributed by atoms with Gasteiger partial charge in [-0.05, 0) is 49.4 Å². The molecular weight excluding hydrogens is 350 g/mol. The van der Waals surface area contributed by atoms with E-state index in [9.17, 15) is 4.79 Å². The Hall–Kier alpha value is -3.41. The minimum Gasteiger partial charge on any atom is -0.368 e. The summed E-state index contributed by atoms with van der Waals surface area (Å²) in [6, 6.07) is 17.4. The van der Waals surface area contributed by atoms with Crippen LogP contribution >= 0.6 is 0 Å². The standard InChI is InChI=1S/C22H23N5O/c1-17-3-5-18(6-4-17)21(28)25-19-7-9-20(10-8-19)26-13-15-27(16-14-26)22-23-11-2-12-24-22/h2-12H,13-16H2,1H3,(H,25,28). The summed E-state index contributed by atoms with van der Waals surface area (Å²) < 4.78 is 0. The highest BCUT2D eigenvalue weighted by atomic mass is 16.1. The number of aromatic nitrogens is 2. The number of anilines is 3. The van der Waals surface area contributed by atoms with Gasteiger partial charge >= 0.3 is 0 Å². The first kappa shape index (κ1) is 18.0. The first-order valence-corrected chi connectivity index (χ1v) is 9.44. The fourth-order valence-electron chi connectivity index (χ4n) is 3.28. The third-order valence-corrected chi connectivity index (χ3v) is 4.92. The van der Waals surface area contributed by atoms with Gasteiger partial charge in [0.15, 0.2) is 0 Å². The van der Waals surface area contributed by atoms with Crippen LogP contribution in [0.4, 0.5) is 17.3 Å². The van der Waals surface area contributed by atoms with Crippen molar-refractivity contribution in [2.75, 3.05) is 41.3 Å². The Morgan fingerprint density at radius 3 is 2.11 bits per heavy atom. The van der Waals surface area contributed by atoms with Crippen LogP contribution in [-0.2, 0) is 0 Å². The molecule has 2 heterocycles. The molecule has 1 saturated heterocycles. The Morgan fingerprint density at radius 1 is 0.857 bits per heavy atom. The third kappa shape index (κ3) is 4.11. The number of aryl methyl sites for hydroxylation is 1. The zero-order valence-corrected chi connectivity index (χ0v) is 15.9. The molecule has 28 heavy (non-hydrogen) atoms. The van der Waals surface area contributed by atoms with Gasteiger partial charge in [-0.2, -0.15) is 0 Å². The Balaban J connectivity index is 1.35. The number of hydrogen-bond donors (Lipinski definition) is 1. The van der Waals surface area contributed by atoms with Crippen LogP contribution < -0.4 is 15.1 Å². The average molecular weight is 373 g/mol. The summed E-state index contributed by atoms with van der Waals surface area (Å²) in [5.41, 5.74) is 3.75. The molecule has 1 amide bonds. The molecule has 0 bridgehead atoms. The molecule has 1 N–H and O–H groups in total. The average Bonchev–Trinajstić information content (AvgIpc) is 2.75. The van der Waals surface area contributed by atoms with E-state index < -0.39 is 0 Å². The van der Waals surface area contributed by atoms with Crippen LogP contribution in [-0.4, -0.2) is 42.1 Å². The van der Waals surface area contributed by atoms with E-state index in [4.69, 9.17) is 0 Å². The van der Waals surface area contributed by atoms with E-state index in [0.29, 0.717) is 5.56 Å². The molecule has 6 nitrogen and oxygen atoms in total. The number of benzene rings is 2. The molecular formula is C22H23N5O. The van der Waals surface area contributed by atoms with Crippen molar-refractivity contribution in [3.05, 3.63) is 78.1 Å². The quantitative estimate of drug-likeness (QED) is 0.760. The van der Waals surface area contributed by atoms with E-state index in [1.807, 2.05) is 49.4 Å². The number of nitrogens with one attached hydrogen (secondary N) is 1. The van der Waals surface area contributed by atoms with Crippen molar-refractivity contribution < 1.29 is 4.79 Å². The molecule has 0 atom stereocenters. The van der Waals surface area contributed by atoms with Crippen molar-refractivity contribution in [1.29, 1.82) is 0 Å². The zero-order chi connectivity index (χ0) is 19.3. The van der Waals surface area contributed by atoms with Crippen molar-refractivity contribution >= 4 is 23.2 Å². The Labute approximate surface area is 164 Å². The summed E-state index contributed by atoms with van der Waals surface area (Å²) in [7, 11) is 0. The molecule has 1 aliphatic rings. The molecule has 4 rings (SSSR count). The van der Waals surface area contributed by atoms with E-state index >= 15 is 0 Å². The number of carbonyl (C=O) groups is 1. The lowest BCUT2D eigenvalue weighted by Crippen LogP contribution is -2.47. The monoisotopic (exact) mass is 373 g/mol. The fraction of sp³-hybridized carbons (Fsp3) is 0.227. The Kier molecular flexibility index (Phi) is 5.19. The predicted molar refractivity (Wildman–Crippen MR) is 112 cm³/mol. The summed E-state index contributed by atoms with van der Waals surface area (Å²) in [6.45, 7) is 5.60. The minimum absolute atomic E-state index is 0.0933. The molecule has 3 aromatic rings. The number of amides is 1. The van der Waals surface area contributed by atoms with Gasteiger partial charge in [-0.3, -0.25) is 4.79 Å². The van der Waals surface area contributed by atoms with Gasteiger partial charge in [0.2, 0.25) is 5.95 Å². The Bertz CT molecular complexity index is 917. The SMILES string of the molecule is Cc1ccc(C(=O)Nc2ccc(N3CCN(c4ncccn4)CC3)cc2)cc1. The van der Waals surface area contributed by atoms with Gasteiger partial charge in [-0.1, -0.05) is 17.7 Å². The van der Waals surface area contributed by atoms with Crippen LogP contribution in [0.2, 0.25) is 0 Å². The third-order valence-electron chi connectivity index (χ3n) is 4.92. The predicted octanol–water partition coefficient (Wildman–Crippen LogP) is 3.36. The van der Waals surface area contributed by atoms with Gasteiger partial charge in [-0.25, -0.2) is 9.97 Å². The van der Waals surface area contributed by atoms with Crippen LogP contribution in [0.25, 0.3) is 0 Å². The van der Waals surface area contributed by atoms with Crippen LogP contribution in [0.1, 0.15) is 15.9 Å². The lowest BCUT2D eigenvalue weighted by molar-refractivity contribution is 0.102. The van der Waals surface area contributed by atoms with Gasteiger partial charge < -0.3 is 15.1 Å². The molecule has 1 aromatic heterocycles. The molecule has 0 saturated carbocycles. The van der Waals surface area contributed by atoms with Gasteiger partial charge in [0, 0.05) is 55.5 Å².